The molecular weight excluding hydrogens is 326 g/mol. The topological polar surface area (TPSA) is 101 Å². The van der Waals surface area contributed by atoms with E-state index in [9.17, 15) is 13.2 Å². The van der Waals surface area contributed by atoms with Gasteiger partial charge in [-0.3, -0.25) is 4.79 Å². The van der Waals surface area contributed by atoms with Crippen LogP contribution in [0.15, 0.2) is 29.2 Å². The SMILES string of the molecule is CC(C)CNS(=O)(=O)c1ccc(C(=O)NC(C)(CN)C2CC2)cc1. The number of amides is 1. The van der Waals surface area contributed by atoms with Crippen LogP contribution >= 0.6 is 0 Å². The van der Waals surface area contributed by atoms with Crippen LogP contribution in [0.1, 0.15) is 44.0 Å². The van der Waals surface area contributed by atoms with Crippen molar-refractivity contribution in [2.75, 3.05) is 13.1 Å². The summed E-state index contributed by atoms with van der Waals surface area (Å²) in [6, 6.07) is 5.97. The van der Waals surface area contributed by atoms with Crippen molar-refractivity contribution in [1.29, 1.82) is 0 Å². The van der Waals surface area contributed by atoms with E-state index in [1.807, 2.05) is 20.8 Å². The number of hydrogen-bond acceptors (Lipinski definition) is 4. The number of sulfonamides is 1. The van der Waals surface area contributed by atoms with Crippen molar-refractivity contribution >= 4 is 15.9 Å². The molecule has 1 unspecified atom stereocenters. The Morgan fingerprint density at radius 3 is 2.33 bits per heavy atom. The minimum absolute atomic E-state index is 0.156. The minimum atomic E-state index is -3.54. The Morgan fingerprint density at radius 1 is 1.29 bits per heavy atom. The summed E-state index contributed by atoms with van der Waals surface area (Å²) in [6.45, 7) is 6.58. The van der Waals surface area contributed by atoms with Crippen molar-refractivity contribution < 1.29 is 13.2 Å². The Balaban J connectivity index is 2.07. The van der Waals surface area contributed by atoms with E-state index in [-0.39, 0.29) is 16.7 Å². The molecular formula is C17H27N3O3S. The summed E-state index contributed by atoms with van der Waals surface area (Å²) in [5, 5.41) is 2.99. The summed E-state index contributed by atoms with van der Waals surface area (Å²) >= 11 is 0. The van der Waals surface area contributed by atoms with Gasteiger partial charge >= 0.3 is 0 Å². The van der Waals surface area contributed by atoms with E-state index in [0.717, 1.165) is 12.8 Å². The van der Waals surface area contributed by atoms with Gasteiger partial charge in [0.25, 0.3) is 5.91 Å². The summed E-state index contributed by atoms with van der Waals surface area (Å²) in [7, 11) is -3.54. The molecule has 1 saturated carbocycles. The molecule has 6 nitrogen and oxygen atoms in total. The molecule has 0 radical (unpaired) electrons. The van der Waals surface area contributed by atoms with Crippen LogP contribution in [-0.4, -0.2) is 33.0 Å². The maximum atomic E-state index is 12.4. The molecule has 0 spiro atoms. The molecule has 1 fully saturated rings. The number of hydrogen-bond donors (Lipinski definition) is 3. The Kier molecular flexibility index (Phi) is 5.67. The second kappa shape index (κ2) is 7.21. The lowest BCUT2D eigenvalue weighted by Crippen LogP contribution is -2.53. The second-order valence-electron chi connectivity index (χ2n) is 7.12. The Morgan fingerprint density at radius 2 is 1.88 bits per heavy atom. The quantitative estimate of drug-likeness (QED) is 0.659. The van der Waals surface area contributed by atoms with Crippen molar-refractivity contribution in [3.8, 4) is 0 Å². The van der Waals surface area contributed by atoms with E-state index in [2.05, 4.69) is 10.0 Å². The van der Waals surface area contributed by atoms with E-state index in [0.29, 0.717) is 24.6 Å². The highest BCUT2D eigenvalue weighted by Crippen LogP contribution is 2.39. The first kappa shape index (κ1) is 18.9. The molecule has 1 aliphatic rings. The van der Waals surface area contributed by atoms with E-state index in [4.69, 9.17) is 5.73 Å². The second-order valence-corrected chi connectivity index (χ2v) is 8.89. The fourth-order valence-corrected chi connectivity index (χ4v) is 3.73. The molecule has 7 heteroatoms. The van der Waals surface area contributed by atoms with Gasteiger partial charge in [0.1, 0.15) is 0 Å². The molecule has 1 aromatic rings. The van der Waals surface area contributed by atoms with Crippen LogP contribution in [0.3, 0.4) is 0 Å². The largest absolute Gasteiger partial charge is 0.345 e. The summed E-state index contributed by atoms with van der Waals surface area (Å²) in [4.78, 5) is 12.6. The third-order valence-corrected chi connectivity index (χ3v) is 5.85. The Hall–Kier alpha value is -1.44. The van der Waals surface area contributed by atoms with Gasteiger partial charge in [0.15, 0.2) is 0 Å². The summed E-state index contributed by atoms with van der Waals surface area (Å²) < 4.78 is 26.9. The van der Waals surface area contributed by atoms with Crippen molar-refractivity contribution in [2.24, 2.45) is 17.6 Å². The summed E-state index contributed by atoms with van der Waals surface area (Å²) in [5.41, 5.74) is 5.84. The molecule has 1 aromatic carbocycles. The first-order chi connectivity index (χ1) is 11.2. The molecule has 1 atom stereocenters. The number of rotatable bonds is 8. The standard InChI is InChI=1S/C17H27N3O3S/c1-12(2)10-19-24(22,23)15-8-4-13(5-9-15)16(21)20-17(3,11-18)14-6-7-14/h4-5,8-9,12,14,19H,6-7,10-11,18H2,1-3H3,(H,20,21). The molecule has 1 aliphatic carbocycles. The van der Waals surface area contributed by atoms with Crippen molar-refractivity contribution in [1.82, 2.24) is 10.0 Å². The van der Waals surface area contributed by atoms with Crippen LogP contribution in [0.4, 0.5) is 0 Å². The van der Waals surface area contributed by atoms with Gasteiger partial charge in [0.2, 0.25) is 10.0 Å². The van der Waals surface area contributed by atoms with Crippen molar-refractivity contribution in [3.63, 3.8) is 0 Å². The number of benzene rings is 1. The van der Waals surface area contributed by atoms with E-state index < -0.39 is 15.6 Å². The molecule has 0 saturated heterocycles. The smallest absolute Gasteiger partial charge is 0.251 e. The molecule has 134 valence electrons. The molecule has 0 aromatic heterocycles. The van der Waals surface area contributed by atoms with Crippen molar-refractivity contribution in [2.45, 2.75) is 44.0 Å². The molecule has 24 heavy (non-hydrogen) atoms. The highest BCUT2D eigenvalue weighted by Gasteiger charge is 2.41. The third kappa shape index (κ3) is 4.55. The lowest BCUT2D eigenvalue weighted by molar-refractivity contribution is 0.0897. The zero-order chi connectivity index (χ0) is 18.0. The molecule has 1 amide bonds. The van der Waals surface area contributed by atoms with E-state index in [1.54, 1.807) is 0 Å². The summed E-state index contributed by atoms with van der Waals surface area (Å²) in [5.74, 6) is 0.418. The highest BCUT2D eigenvalue weighted by molar-refractivity contribution is 7.89. The number of carbonyl (C=O) groups is 1. The van der Waals surface area contributed by atoms with Gasteiger partial charge in [-0.1, -0.05) is 13.8 Å². The van der Waals surface area contributed by atoms with Gasteiger partial charge in [-0.05, 0) is 55.9 Å². The average Bonchev–Trinajstić information content (AvgIpc) is 3.38. The molecule has 0 aliphatic heterocycles. The maximum Gasteiger partial charge on any atom is 0.251 e. The zero-order valence-electron chi connectivity index (χ0n) is 14.5. The van der Waals surface area contributed by atoms with Gasteiger partial charge in [-0.25, -0.2) is 13.1 Å². The predicted molar refractivity (Wildman–Crippen MR) is 94.1 cm³/mol. The molecule has 2 rings (SSSR count). The summed E-state index contributed by atoms with van der Waals surface area (Å²) in [6.07, 6.45) is 2.15. The molecule has 0 heterocycles. The first-order valence-electron chi connectivity index (χ1n) is 8.30. The normalized spacial score (nSPS) is 17.5. The average molecular weight is 353 g/mol. The monoisotopic (exact) mass is 353 g/mol. The van der Waals surface area contributed by atoms with Crippen LogP contribution in [0.2, 0.25) is 0 Å². The van der Waals surface area contributed by atoms with E-state index >= 15 is 0 Å². The Bertz CT molecular complexity index is 682. The van der Waals surface area contributed by atoms with Crippen LogP contribution < -0.4 is 15.8 Å². The zero-order valence-corrected chi connectivity index (χ0v) is 15.3. The fraction of sp³-hybridized carbons (Fsp3) is 0.588. The van der Waals surface area contributed by atoms with Gasteiger partial charge in [-0.15, -0.1) is 0 Å². The lowest BCUT2D eigenvalue weighted by Gasteiger charge is -2.29. The van der Waals surface area contributed by atoms with Gasteiger partial charge in [-0.2, -0.15) is 0 Å². The van der Waals surface area contributed by atoms with Crippen molar-refractivity contribution in [3.05, 3.63) is 29.8 Å². The van der Waals surface area contributed by atoms with Gasteiger partial charge in [0, 0.05) is 18.7 Å². The fourth-order valence-electron chi connectivity index (χ4n) is 2.52. The third-order valence-electron chi connectivity index (χ3n) is 4.41. The van der Waals surface area contributed by atoms with E-state index in [1.165, 1.54) is 24.3 Å². The predicted octanol–water partition coefficient (Wildman–Crippen LogP) is 1.48. The maximum absolute atomic E-state index is 12.4. The number of nitrogens with two attached hydrogens (primary N) is 1. The van der Waals surface area contributed by atoms with Crippen LogP contribution in [0, 0.1) is 11.8 Å². The first-order valence-corrected chi connectivity index (χ1v) is 9.78. The van der Waals surface area contributed by atoms with Gasteiger partial charge in [0.05, 0.1) is 10.4 Å². The highest BCUT2D eigenvalue weighted by atomic mass is 32.2. The molecule has 0 bridgehead atoms. The van der Waals surface area contributed by atoms with Crippen LogP contribution in [-0.2, 0) is 10.0 Å². The lowest BCUT2D eigenvalue weighted by atomic mass is 9.95. The van der Waals surface area contributed by atoms with Crippen LogP contribution in [0.25, 0.3) is 0 Å². The number of carbonyl (C=O) groups excluding carboxylic acids is 1. The number of nitrogens with one attached hydrogen (secondary N) is 2. The van der Waals surface area contributed by atoms with Crippen LogP contribution in [0.5, 0.6) is 0 Å². The minimum Gasteiger partial charge on any atom is -0.345 e. The molecule has 4 N–H and O–H groups in total. The van der Waals surface area contributed by atoms with Gasteiger partial charge < -0.3 is 11.1 Å². The Labute approximate surface area is 144 Å².